The average molecular weight is 344 g/mol. The van der Waals surface area contributed by atoms with Crippen molar-refractivity contribution in [2.75, 3.05) is 10.6 Å². The van der Waals surface area contributed by atoms with Crippen molar-refractivity contribution in [3.63, 3.8) is 0 Å². The molecule has 0 saturated carbocycles. The van der Waals surface area contributed by atoms with Crippen molar-refractivity contribution in [3.8, 4) is 0 Å². The number of amides is 2. The second-order valence-corrected chi connectivity index (χ2v) is 5.69. The Hall–Kier alpha value is -3.43. The molecule has 0 aliphatic carbocycles. The van der Waals surface area contributed by atoms with Gasteiger partial charge in [-0.15, -0.1) is 5.10 Å². The Morgan fingerprint density at radius 2 is 2.12 bits per heavy atom. The molecule has 0 unspecified atom stereocenters. The maximum Gasteiger partial charge on any atom is 0.417 e. The van der Waals surface area contributed by atoms with Gasteiger partial charge in [0.1, 0.15) is 6.54 Å². The number of para-hydroxylation sites is 1. The fourth-order valence-corrected chi connectivity index (χ4v) is 2.11. The fourth-order valence-electron chi connectivity index (χ4n) is 2.11. The number of fused-ring (bicyclic) bond motifs is 1. The van der Waals surface area contributed by atoms with E-state index in [1.54, 1.807) is 32.0 Å². The smallest absolute Gasteiger partial charge is 0.406 e. The van der Waals surface area contributed by atoms with E-state index in [0.717, 1.165) is 0 Å². The SMILES string of the molecule is CC(C)C(=O)Nc1cn(CC(=O)Nc2cccc3[nH]c(=O)oc23)nn1. The molecule has 0 fully saturated rings. The molecule has 25 heavy (non-hydrogen) atoms. The highest BCUT2D eigenvalue weighted by Gasteiger charge is 2.13. The molecule has 1 aromatic carbocycles. The molecule has 0 aliphatic heterocycles. The van der Waals surface area contributed by atoms with Crippen LogP contribution in [0.1, 0.15) is 13.8 Å². The highest BCUT2D eigenvalue weighted by Crippen LogP contribution is 2.20. The van der Waals surface area contributed by atoms with Crippen molar-refractivity contribution in [2.24, 2.45) is 5.92 Å². The van der Waals surface area contributed by atoms with Crippen molar-refractivity contribution in [3.05, 3.63) is 34.9 Å². The van der Waals surface area contributed by atoms with E-state index in [4.69, 9.17) is 4.42 Å². The van der Waals surface area contributed by atoms with Crippen LogP contribution in [0.2, 0.25) is 0 Å². The van der Waals surface area contributed by atoms with Crippen molar-refractivity contribution in [2.45, 2.75) is 20.4 Å². The summed E-state index contributed by atoms with van der Waals surface area (Å²) in [4.78, 5) is 37.5. The van der Waals surface area contributed by atoms with Gasteiger partial charge in [-0.05, 0) is 12.1 Å². The minimum atomic E-state index is -0.599. The minimum Gasteiger partial charge on any atom is -0.406 e. The van der Waals surface area contributed by atoms with Gasteiger partial charge in [0.05, 0.1) is 17.4 Å². The highest BCUT2D eigenvalue weighted by molar-refractivity contribution is 5.98. The zero-order chi connectivity index (χ0) is 18.0. The molecule has 0 atom stereocenters. The van der Waals surface area contributed by atoms with Gasteiger partial charge in [0, 0.05) is 5.92 Å². The van der Waals surface area contributed by atoms with Crippen LogP contribution in [0.15, 0.2) is 33.6 Å². The lowest BCUT2D eigenvalue weighted by Gasteiger charge is -2.05. The van der Waals surface area contributed by atoms with Crippen LogP contribution in [-0.4, -0.2) is 31.8 Å². The third kappa shape index (κ3) is 3.74. The second kappa shape index (κ2) is 6.59. The number of nitrogens with one attached hydrogen (secondary N) is 3. The summed E-state index contributed by atoms with van der Waals surface area (Å²) in [5.41, 5.74) is 1.13. The largest absolute Gasteiger partial charge is 0.417 e. The standard InChI is InChI=1S/C15H16N6O4/c1-8(2)14(23)18-11-6-21(20-19-11)7-12(22)16-9-4-3-5-10-13(9)25-15(24)17-10/h3-6,8H,7H2,1-2H3,(H,16,22)(H,17,24)(H,18,23). The Bertz CT molecular complexity index is 983. The van der Waals surface area contributed by atoms with E-state index in [2.05, 4.69) is 25.9 Å². The van der Waals surface area contributed by atoms with Gasteiger partial charge in [0.25, 0.3) is 0 Å². The van der Waals surface area contributed by atoms with Gasteiger partial charge in [0.15, 0.2) is 11.4 Å². The predicted molar refractivity (Wildman–Crippen MR) is 89.0 cm³/mol. The predicted octanol–water partition coefficient (Wildman–Crippen LogP) is 0.946. The first-order valence-electron chi connectivity index (χ1n) is 7.55. The zero-order valence-corrected chi connectivity index (χ0v) is 13.6. The summed E-state index contributed by atoms with van der Waals surface area (Å²) < 4.78 is 6.30. The Kier molecular flexibility index (Phi) is 4.33. The number of nitrogens with zero attached hydrogens (tertiary/aromatic N) is 3. The van der Waals surface area contributed by atoms with Crippen LogP contribution in [0.3, 0.4) is 0 Å². The normalized spacial score (nSPS) is 11.0. The van der Waals surface area contributed by atoms with Crippen LogP contribution in [0.5, 0.6) is 0 Å². The van der Waals surface area contributed by atoms with Gasteiger partial charge in [-0.25, -0.2) is 9.48 Å². The van der Waals surface area contributed by atoms with E-state index in [1.807, 2.05) is 0 Å². The molecule has 130 valence electrons. The monoisotopic (exact) mass is 344 g/mol. The molecule has 0 radical (unpaired) electrons. The van der Waals surface area contributed by atoms with E-state index < -0.39 is 5.76 Å². The van der Waals surface area contributed by atoms with Crippen molar-refractivity contribution < 1.29 is 14.0 Å². The molecule has 2 aromatic heterocycles. The highest BCUT2D eigenvalue weighted by atomic mass is 16.4. The van der Waals surface area contributed by atoms with Gasteiger partial charge in [-0.2, -0.15) is 0 Å². The molecule has 2 heterocycles. The first-order chi connectivity index (χ1) is 11.9. The molecule has 0 spiro atoms. The van der Waals surface area contributed by atoms with Crippen LogP contribution < -0.4 is 16.4 Å². The Morgan fingerprint density at radius 1 is 1.32 bits per heavy atom. The first-order valence-corrected chi connectivity index (χ1v) is 7.55. The molecular weight excluding hydrogens is 328 g/mol. The summed E-state index contributed by atoms with van der Waals surface area (Å²) in [6, 6.07) is 4.96. The number of rotatable bonds is 5. The maximum absolute atomic E-state index is 12.2. The van der Waals surface area contributed by atoms with Crippen molar-refractivity contribution in [1.29, 1.82) is 0 Å². The number of carbonyl (C=O) groups excluding carboxylic acids is 2. The molecule has 3 aromatic rings. The number of anilines is 2. The van der Waals surface area contributed by atoms with Crippen molar-refractivity contribution in [1.82, 2.24) is 20.0 Å². The van der Waals surface area contributed by atoms with Crippen LogP contribution in [-0.2, 0) is 16.1 Å². The van der Waals surface area contributed by atoms with E-state index in [1.165, 1.54) is 10.9 Å². The van der Waals surface area contributed by atoms with Crippen LogP contribution >= 0.6 is 0 Å². The first kappa shape index (κ1) is 16.4. The van der Waals surface area contributed by atoms with Gasteiger partial charge in [-0.3, -0.25) is 14.6 Å². The van der Waals surface area contributed by atoms with Crippen LogP contribution in [0.4, 0.5) is 11.5 Å². The maximum atomic E-state index is 12.2. The van der Waals surface area contributed by atoms with Gasteiger partial charge in [0.2, 0.25) is 11.8 Å². The summed E-state index contributed by atoms with van der Waals surface area (Å²) >= 11 is 0. The molecular formula is C15H16N6O4. The van der Waals surface area contributed by atoms with Gasteiger partial charge < -0.3 is 15.1 Å². The lowest BCUT2D eigenvalue weighted by molar-refractivity contribution is -0.119. The lowest BCUT2D eigenvalue weighted by atomic mass is 10.2. The van der Waals surface area contributed by atoms with Gasteiger partial charge in [-0.1, -0.05) is 25.1 Å². The molecule has 10 heteroatoms. The van der Waals surface area contributed by atoms with E-state index in [-0.39, 0.29) is 35.7 Å². The molecule has 3 N–H and O–H groups in total. The average Bonchev–Trinajstić information content (AvgIpc) is 3.13. The van der Waals surface area contributed by atoms with Crippen molar-refractivity contribution >= 4 is 34.4 Å². The van der Waals surface area contributed by atoms with E-state index in [0.29, 0.717) is 11.2 Å². The number of hydrogen-bond acceptors (Lipinski definition) is 6. The Balaban J connectivity index is 1.67. The minimum absolute atomic E-state index is 0.115. The molecule has 10 nitrogen and oxygen atoms in total. The third-order valence-electron chi connectivity index (χ3n) is 3.34. The molecule has 2 amide bonds. The second-order valence-electron chi connectivity index (χ2n) is 5.69. The quantitative estimate of drug-likeness (QED) is 0.630. The number of aromatic nitrogens is 4. The Morgan fingerprint density at radius 3 is 2.88 bits per heavy atom. The molecule has 3 rings (SSSR count). The van der Waals surface area contributed by atoms with Gasteiger partial charge >= 0.3 is 5.76 Å². The molecule has 0 saturated heterocycles. The number of H-pyrrole nitrogens is 1. The summed E-state index contributed by atoms with van der Waals surface area (Å²) in [5.74, 6) is -1.10. The third-order valence-corrected chi connectivity index (χ3v) is 3.34. The number of benzene rings is 1. The van der Waals surface area contributed by atoms with Crippen LogP contribution in [0, 0.1) is 5.92 Å². The lowest BCUT2D eigenvalue weighted by Crippen LogP contribution is -2.19. The van der Waals surface area contributed by atoms with E-state index >= 15 is 0 Å². The summed E-state index contributed by atoms with van der Waals surface area (Å²) in [6.45, 7) is 3.40. The number of carbonyl (C=O) groups is 2. The summed E-state index contributed by atoms with van der Waals surface area (Å²) in [7, 11) is 0. The number of aromatic amines is 1. The van der Waals surface area contributed by atoms with E-state index in [9.17, 15) is 14.4 Å². The Labute approximate surface area is 141 Å². The number of hydrogen-bond donors (Lipinski definition) is 3. The van der Waals surface area contributed by atoms with Crippen LogP contribution in [0.25, 0.3) is 11.1 Å². The fraction of sp³-hybridized carbons (Fsp3) is 0.267. The number of oxazole rings is 1. The molecule has 0 aliphatic rings. The molecule has 0 bridgehead atoms. The summed E-state index contributed by atoms with van der Waals surface area (Å²) in [6.07, 6.45) is 1.46. The topological polar surface area (TPSA) is 135 Å². The summed E-state index contributed by atoms with van der Waals surface area (Å²) in [5, 5.41) is 12.8. The zero-order valence-electron chi connectivity index (χ0n) is 13.6.